The van der Waals surface area contributed by atoms with Gasteiger partial charge in [0.2, 0.25) is 5.91 Å². The molecule has 0 aliphatic carbocycles. The summed E-state index contributed by atoms with van der Waals surface area (Å²) in [6.07, 6.45) is 1.44. The van der Waals surface area contributed by atoms with Gasteiger partial charge in [-0.15, -0.1) is 0 Å². The predicted molar refractivity (Wildman–Crippen MR) is 100 cm³/mol. The van der Waals surface area contributed by atoms with Gasteiger partial charge in [0.15, 0.2) is 0 Å². The molecule has 2 aromatic rings. The number of carbonyl (C=O) groups excluding carboxylic acids is 1. The largest absolute Gasteiger partial charge is 0.349 e. The number of nitrogens with one attached hydrogen (secondary N) is 1. The van der Waals surface area contributed by atoms with Gasteiger partial charge in [0, 0.05) is 11.4 Å². The van der Waals surface area contributed by atoms with Crippen molar-refractivity contribution < 1.29 is 9.18 Å². The Morgan fingerprint density at radius 2 is 1.84 bits per heavy atom. The van der Waals surface area contributed by atoms with Crippen LogP contribution >= 0.6 is 11.6 Å². The lowest BCUT2D eigenvalue weighted by Gasteiger charge is -2.21. The Kier molecular flexibility index (Phi) is 7.41. The predicted octanol–water partition coefficient (Wildman–Crippen LogP) is 4.22. The Labute approximate surface area is 153 Å². The summed E-state index contributed by atoms with van der Waals surface area (Å²) in [5, 5.41) is 3.73. The summed E-state index contributed by atoms with van der Waals surface area (Å²) in [7, 11) is 4.00. The molecule has 0 radical (unpaired) electrons. The van der Waals surface area contributed by atoms with Gasteiger partial charge in [-0.25, -0.2) is 4.39 Å². The van der Waals surface area contributed by atoms with Crippen LogP contribution in [0.2, 0.25) is 5.02 Å². The fourth-order valence-corrected chi connectivity index (χ4v) is 2.75. The second kappa shape index (κ2) is 9.54. The first kappa shape index (κ1) is 19.4. The van der Waals surface area contributed by atoms with E-state index in [4.69, 9.17) is 11.6 Å². The van der Waals surface area contributed by atoms with Crippen LogP contribution in [0.15, 0.2) is 48.5 Å². The molecular formula is C20H24ClFN2O. The molecule has 0 saturated carbocycles. The monoisotopic (exact) mass is 362 g/mol. The second-order valence-corrected chi connectivity index (χ2v) is 6.79. The zero-order valence-corrected chi connectivity index (χ0v) is 15.4. The van der Waals surface area contributed by atoms with E-state index in [2.05, 4.69) is 10.2 Å². The van der Waals surface area contributed by atoms with Crippen LogP contribution in [0.25, 0.3) is 0 Å². The number of carbonyl (C=O) groups is 1. The lowest BCUT2D eigenvalue weighted by atomic mass is 10.0. The zero-order valence-electron chi connectivity index (χ0n) is 14.6. The number of amides is 1. The molecule has 2 rings (SSSR count). The van der Waals surface area contributed by atoms with Crippen LogP contribution in [0.1, 0.15) is 30.0 Å². The molecule has 3 nitrogen and oxygen atoms in total. The summed E-state index contributed by atoms with van der Waals surface area (Å²) in [5.41, 5.74) is 1.58. The lowest BCUT2D eigenvalue weighted by Crippen LogP contribution is -2.31. The lowest BCUT2D eigenvalue weighted by molar-refractivity contribution is -0.121. The summed E-state index contributed by atoms with van der Waals surface area (Å²) < 4.78 is 13.7. The molecule has 0 fully saturated rings. The highest BCUT2D eigenvalue weighted by atomic mass is 35.5. The van der Waals surface area contributed by atoms with E-state index in [1.165, 1.54) is 6.07 Å². The Bertz CT molecular complexity index is 688. The van der Waals surface area contributed by atoms with Crippen LogP contribution in [0.5, 0.6) is 0 Å². The van der Waals surface area contributed by atoms with E-state index in [-0.39, 0.29) is 24.2 Å². The molecule has 0 saturated heterocycles. The Balaban J connectivity index is 1.98. The Morgan fingerprint density at radius 1 is 1.16 bits per heavy atom. The second-order valence-electron chi connectivity index (χ2n) is 6.36. The van der Waals surface area contributed by atoms with Crippen molar-refractivity contribution in [3.63, 3.8) is 0 Å². The van der Waals surface area contributed by atoms with Gasteiger partial charge in [-0.2, -0.15) is 0 Å². The summed E-state index contributed by atoms with van der Waals surface area (Å²) in [6, 6.07) is 14.0. The molecule has 2 aromatic carbocycles. The van der Waals surface area contributed by atoms with E-state index < -0.39 is 0 Å². The van der Waals surface area contributed by atoms with Crippen molar-refractivity contribution in [1.82, 2.24) is 10.2 Å². The van der Waals surface area contributed by atoms with Crippen molar-refractivity contribution in [1.29, 1.82) is 0 Å². The summed E-state index contributed by atoms with van der Waals surface area (Å²) in [4.78, 5) is 14.4. The van der Waals surface area contributed by atoms with E-state index in [0.29, 0.717) is 17.0 Å². The minimum absolute atomic E-state index is 0.0815. The van der Waals surface area contributed by atoms with E-state index in [1.54, 1.807) is 18.2 Å². The first-order valence-corrected chi connectivity index (χ1v) is 8.76. The number of hydrogen-bond donors (Lipinski definition) is 1. The molecule has 0 heterocycles. The molecule has 0 aliphatic heterocycles. The van der Waals surface area contributed by atoms with Gasteiger partial charge >= 0.3 is 0 Å². The van der Waals surface area contributed by atoms with Crippen LogP contribution in [-0.2, 0) is 11.2 Å². The van der Waals surface area contributed by atoms with E-state index >= 15 is 0 Å². The number of benzene rings is 2. The molecule has 5 heteroatoms. The van der Waals surface area contributed by atoms with Crippen molar-refractivity contribution in [2.45, 2.75) is 25.3 Å². The van der Waals surface area contributed by atoms with Crippen molar-refractivity contribution in [3.05, 3.63) is 70.5 Å². The molecule has 1 unspecified atom stereocenters. The van der Waals surface area contributed by atoms with Crippen LogP contribution in [0.3, 0.4) is 0 Å². The zero-order chi connectivity index (χ0) is 18.2. The van der Waals surface area contributed by atoms with Crippen LogP contribution in [0.4, 0.5) is 4.39 Å². The fraction of sp³-hybridized carbons (Fsp3) is 0.350. The summed E-state index contributed by atoms with van der Waals surface area (Å²) in [5.74, 6) is -0.348. The maximum Gasteiger partial charge on any atom is 0.220 e. The summed E-state index contributed by atoms with van der Waals surface area (Å²) >= 11 is 5.95. The molecule has 0 aromatic heterocycles. The summed E-state index contributed by atoms with van der Waals surface area (Å²) in [6.45, 7) is 0.848. The number of rotatable bonds is 8. The quantitative estimate of drug-likeness (QED) is 0.762. The molecule has 0 bridgehead atoms. The van der Waals surface area contributed by atoms with Gasteiger partial charge in [0.05, 0.1) is 6.04 Å². The SMILES string of the molecule is CN(C)CCC(NC(=O)CCc1ccccc1F)c1ccc(Cl)cc1. The first-order valence-electron chi connectivity index (χ1n) is 8.38. The standard InChI is InChI=1S/C20H24ClFN2O/c1-24(2)14-13-19(16-7-10-17(21)11-8-16)23-20(25)12-9-15-5-3-4-6-18(15)22/h3-8,10-11,19H,9,12-14H2,1-2H3,(H,23,25). The highest BCUT2D eigenvalue weighted by Crippen LogP contribution is 2.20. The smallest absolute Gasteiger partial charge is 0.220 e. The van der Waals surface area contributed by atoms with Gasteiger partial charge in [0.25, 0.3) is 0 Å². The van der Waals surface area contributed by atoms with Crippen LogP contribution in [-0.4, -0.2) is 31.4 Å². The number of hydrogen-bond acceptors (Lipinski definition) is 2. The Hall–Kier alpha value is -1.91. The molecule has 25 heavy (non-hydrogen) atoms. The molecule has 1 amide bonds. The Morgan fingerprint density at radius 3 is 2.48 bits per heavy atom. The van der Waals surface area contributed by atoms with Crippen molar-refractivity contribution in [3.8, 4) is 0 Å². The fourth-order valence-electron chi connectivity index (χ4n) is 2.62. The van der Waals surface area contributed by atoms with Gasteiger partial charge < -0.3 is 10.2 Å². The maximum atomic E-state index is 13.7. The van der Waals surface area contributed by atoms with Gasteiger partial charge in [-0.05, 0) is 62.8 Å². The average molecular weight is 363 g/mol. The van der Waals surface area contributed by atoms with Gasteiger partial charge in [-0.3, -0.25) is 4.79 Å². The van der Waals surface area contributed by atoms with Crippen molar-refractivity contribution in [2.24, 2.45) is 0 Å². The minimum Gasteiger partial charge on any atom is -0.349 e. The highest BCUT2D eigenvalue weighted by Gasteiger charge is 2.15. The number of nitrogens with zero attached hydrogens (tertiary/aromatic N) is 1. The topological polar surface area (TPSA) is 32.3 Å². The third kappa shape index (κ3) is 6.48. The molecule has 0 spiro atoms. The molecule has 134 valence electrons. The molecule has 0 aliphatic rings. The molecule has 1 N–H and O–H groups in total. The maximum absolute atomic E-state index is 13.7. The number of halogens is 2. The van der Waals surface area contributed by atoms with Crippen molar-refractivity contribution >= 4 is 17.5 Å². The van der Waals surface area contributed by atoms with Gasteiger partial charge in [0.1, 0.15) is 5.82 Å². The van der Waals surface area contributed by atoms with Crippen molar-refractivity contribution in [2.75, 3.05) is 20.6 Å². The van der Waals surface area contributed by atoms with Crippen LogP contribution < -0.4 is 5.32 Å². The number of aryl methyl sites for hydroxylation is 1. The third-order valence-electron chi connectivity index (χ3n) is 4.05. The third-order valence-corrected chi connectivity index (χ3v) is 4.30. The van der Waals surface area contributed by atoms with E-state index in [0.717, 1.165) is 18.5 Å². The highest BCUT2D eigenvalue weighted by molar-refractivity contribution is 6.30. The van der Waals surface area contributed by atoms with Gasteiger partial charge in [-0.1, -0.05) is 41.9 Å². The first-order chi connectivity index (χ1) is 12.0. The van der Waals surface area contributed by atoms with E-state index in [9.17, 15) is 9.18 Å². The molecule has 1 atom stereocenters. The van der Waals surface area contributed by atoms with E-state index in [1.807, 2.05) is 38.4 Å². The molecular weight excluding hydrogens is 339 g/mol. The minimum atomic E-state index is -0.267. The average Bonchev–Trinajstić information content (AvgIpc) is 2.58. The normalized spacial score (nSPS) is 12.2. The van der Waals surface area contributed by atoms with Crippen LogP contribution in [0, 0.1) is 5.82 Å².